The highest BCUT2D eigenvalue weighted by Crippen LogP contribution is 2.52. The second-order valence-electron chi connectivity index (χ2n) is 16.4. The molecule has 3 aromatic heterocycles. The first-order chi connectivity index (χ1) is 30.1. The zero-order chi connectivity index (χ0) is 40.5. The van der Waals surface area contributed by atoms with Crippen LogP contribution in [0.3, 0.4) is 0 Å². The molecule has 2 unspecified atom stereocenters. The molecule has 10 aromatic rings. The maximum Gasteiger partial charge on any atom is 0.167 e. The number of hydrogen-bond acceptors (Lipinski definition) is 5. The van der Waals surface area contributed by atoms with E-state index in [1.54, 1.807) is 0 Å². The summed E-state index contributed by atoms with van der Waals surface area (Å²) in [6.45, 7) is 2.39. The molecule has 0 saturated carbocycles. The molecule has 0 saturated heterocycles. The van der Waals surface area contributed by atoms with Gasteiger partial charge in [0.05, 0.1) is 5.56 Å². The lowest BCUT2D eigenvalue weighted by Crippen LogP contribution is -2.35. The van der Waals surface area contributed by atoms with Crippen LogP contribution in [0.1, 0.15) is 36.7 Å². The maximum atomic E-state index is 6.50. The van der Waals surface area contributed by atoms with Crippen LogP contribution in [-0.4, -0.2) is 15.0 Å². The van der Waals surface area contributed by atoms with E-state index in [-0.39, 0.29) is 11.3 Å². The van der Waals surface area contributed by atoms with Gasteiger partial charge in [-0.3, -0.25) is 0 Å². The van der Waals surface area contributed by atoms with Crippen molar-refractivity contribution in [3.63, 3.8) is 0 Å². The lowest BCUT2D eigenvalue weighted by Gasteiger charge is -2.40. The van der Waals surface area contributed by atoms with Crippen LogP contribution in [0.5, 0.6) is 0 Å². The van der Waals surface area contributed by atoms with Gasteiger partial charge >= 0.3 is 0 Å². The number of para-hydroxylation sites is 3. The first kappa shape index (κ1) is 35.3. The molecule has 0 fully saturated rings. The number of furan rings is 2. The summed E-state index contributed by atoms with van der Waals surface area (Å²) in [5, 5.41) is 5.51. The van der Waals surface area contributed by atoms with Crippen molar-refractivity contribution in [3.05, 3.63) is 204 Å². The Hall–Kier alpha value is -7.63. The lowest BCUT2D eigenvalue weighted by atomic mass is 9.61. The number of fused-ring (bicyclic) bond motifs is 7. The Morgan fingerprint density at radius 3 is 2.03 bits per heavy atom. The molecule has 0 N–H and O–H groups in total. The summed E-state index contributed by atoms with van der Waals surface area (Å²) < 4.78 is 13.0. The van der Waals surface area contributed by atoms with Crippen molar-refractivity contribution in [2.24, 2.45) is 5.92 Å². The fourth-order valence-electron chi connectivity index (χ4n) is 9.74. The Morgan fingerprint density at radius 2 is 1.20 bits per heavy atom. The van der Waals surface area contributed by atoms with E-state index in [9.17, 15) is 0 Å². The van der Waals surface area contributed by atoms with Gasteiger partial charge in [0.15, 0.2) is 17.5 Å². The Labute approximate surface area is 353 Å². The van der Waals surface area contributed by atoms with Crippen molar-refractivity contribution in [3.8, 4) is 45.3 Å². The van der Waals surface area contributed by atoms with Gasteiger partial charge in [-0.2, -0.15) is 0 Å². The second kappa shape index (κ2) is 14.0. The standard InChI is InChI=1S/C56H39N3O2/c1-56(47(36-16-6-3-7-17-36)30-31-50-51(56)45-21-9-11-25-49(45)60-50)42-29-28-38-33-41(27-26-39(38)34-42)54-57-53(40-19-12-18-37(32-40)35-14-4-2-5-15-35)58-55(59-54)46-23-13-22-44-43-20-8-10-24-48(43)61-52(44)46/h2,4-6,8-34,47H,3,7H2,1H3. The summed E-state index contributed by atoms with van der Waals surface area (Å²) in [4.78, 5) is 15.6. The van der Waals surface area contributed by atoms with Gasteiger partial charge in [-0.25, -0.2) is 15.0 Å². The molecule has 2 atom stereocenters. The minimum Gasteiger partial charge on any atom is -0.456 e. The molecule has 5 heteroatoms. The van der Waals surface area contributed by atoms with E-state index in [1.807, 2.05) is 30.3 Å². The lowest BCUT2D eigenvalue weighted by molar-refractivity contribution is 0.453. The predicted octanol–water partition coefficient (Wildman–Crippen LogP) is 14.6. The molecule has 3 heterocycles. The third kappa shape index (κ3) is 5.80. The number of benzene rings is 7. The molecule has 290 valence electrons. The van der Waals surface area contributed by atoms with Gasteiger partial charge in [-0.05, 0) is 82.3 Å². The Balaban J connectivity index is 1.01. The van der Waals surface area contributed by atoms with Gasteiger partial charge in [-0.1, -0.05) is 159 Å². The van der Waals surface area contributed by atoms with Gasteiger partial charge in [0, 0.05) is 44.2 Å². The van der Waals surface area contributed by atoms with E-state index >= 15 is 0 Å². The molecule has 0 radical (unpaired) electrons. The first-order valence-electron chi connectivity index (χ1n) is 21.0. The van der Waals surface area contributed by atoms with Crippen molar-refractivity contribution >= 4 is 49.8 Å². The summed E-state index contributed by atoms with van der Waals surface area (Å²) in [6, 6.07) is 55.1. The molecule has 2 aliphatic carbocycles. The van der Waals surface area contributed by atoms with E-state index in [1.165, 1.54) is 22.1 Å². The third-order valence-corrected chi connectivity index (χ3v) is 12.8. The van der Waals surface area contributed by atoms with Crippen LogP contribution in [0, 0.1) is 5.92 Å². The van der Waals surface area contributed by atoms with Crippen LogP contribution < -0.4 is 0 Å². The number of aromatic nitrogens is 3. The molecule has 0 bridgehead atoms. The van der Waals surface area contributed by atoms with Crippen LogP contribution >= 0.6 is 0 Å². The maximum absolute atomic E-state index is 6.50. The molecular weight excluding hydrogens is 747 g/mol. The van der Waals surface area contributed by atoms with Crippen LogP contribution in [0.25, 0.3) is 95.0 Å². The average Bonchev–Trinajstić information content (AvgIpc) is 3.91. The molecule has 61 heavy (non-hydrogen) atoms. The van der Waals surface area contributed by atoms with Crippen LogP contribution in [0.2, 0.25) is 0 Å². The zero-order valence-electron chi connectivity index (χ0n) is 33.5. The van der Waals surface area contributed by atoms with Gasteiger partial charge in [0.2, 0.25) is 0 Å². The van der Waals surface area contributed by atoms with Crippen molar-refractivity contribution < 1.29 is 8.83 Å². The van der Waals surface area contributed by atoms with Gasteiger partial charge < -0.3 is 8.83 Å². The molecule has 12 rings (SSSR count). The van der Waals surface area contributed by atoms with Gasteiger partial charge in [0.25, 0.3) is 0 Å². The van der Waals surface area contributed by atoms with Crippen LogP contribution in [0.15, 0.2) is 196 Å². The molecule has 5 nitrogen and oxygen atoms in total. The predicted molar refractivity (Wildman–Crippen MR) is 248 cm³/mol. The summed E-state index contributed by atoms with van der Waals surface area (Å²) in [5.74, 6) is 2.83. The van der Waals surface area contributed by atoms with Crippen molar-refractivity contribution in [1.82, 2.24) is 15.0 Å². The summed E-state index contributed by atoms with van der Waals surface area (Å²) >= 11 is 0. The molecular formula is C56H39N3O2. The second-order valence-corrected chi connectivity index (χ2v) is 16.4. The highest BCUT2D eigenvalue weighted by Gasteiger charge is 2.44. The fourth-order valence-corrected chi connectivity index (χ4v) is 9.74. The normalized spacial score (nSPS) is 17.3. The highest BCUT2D eigenvalue weighted by atomic mass is 16.3. The number of allylic oxidation sites excluding steroid dienone is 5. The smallest absolute Gasteiger partial charge is 0.167 e. The van der Waals surface area contributed by atoms with Crippen molar-refractivity contribution in [1.29, 1.82) is 0 Å². The zero-order valence-corrected chi connectivity index (χ0v) is 33.5. The quantitative estimate of drug-likeness (QED) is 0.168. The Morgan fingerprint density at radius 1 is 0.525 bits per heavy atom. The number of nitrogens with zero attached hydrogens (tertiary/aromatic N) is 3. The topological polar surface area (TPSA) is 65.0 Å². The van der Waals surface area contributed by atoms with E-state index in [4.69, 9.17) is 23.8 Å². The molecule has 0 amide bonds. The highest BCUT2D eigenvalue weighted by molar-refractivity contribution is 6.09. The van der Waals surface area contributed by atoms with E-state index in [0.29, 0.717) is 17.5 Å². The molecule has 7 aromatic carbocycles. The third-order valence-electron chi connectivity index (χ3n) is 12.8. The molecule has 0 spiro atoms. The van der Waals surface area contributed by atoms with Gasteiger partial charge in [-0.15, -0.1) is 0 Å². The number of rotatable bonds is 6. The summed E-state index contributed by atoms with van der Waals surface area (Å²) in [5.41, 5.74) is 10.8. The Kier molecular flexibility index (Phi) is 8.11. The average molecular weight is 786 g/mol. The Bertz CT molecular complexity index is 3460. The SMILES string of the molecule is CC1(c2ccc3cc(-c4nc(-c5cccc(-c6ccccc6)c5)nc(-c5cccc6c5oc5ccccc56)n4)ccc3c2)c2c(oc3ccccc23)C=CC1C1=CCCC=C1. The summed E-state index contributed by atoms with van der Waals surface area (Å²) in [7, 11) is 0. The fraction of sp³-hybridized carbons (Fsp3) is 0.0893. The monoisotopic (exact) mass is 785 g/mol. The van der Waals surface area contributed by atoms with Crippen molar-refractivity contribution in [2.75, 3.05) is 0 Å². The molecule has 0 aliphatic heterocycles. The van der Waals surface area contributed by atoms with Crippen molar-refractivity contribution in [2.45, 2.75) is 25.2 Å². The minimum atomic E-state index is -0.374. The van der Waals surface area contributed by atoms with Crippen LogP contribution in [0.4, 0.5) is 0 Å². The molecule has 2 aliphatic rings. The van der Waals surface area contributed by atoms with E-state index < -0.39 is 0 Å². The largest absolute Gasteiger partial charge is 0.456 e. The van der Waals surface area contributed by atoms with E-state index in [2.05, 4.69) is 165 Å². The minimum absolute atomic E-state index is 0.146. The van der Waals surface area contributed by atoms with Crippen LogP contribution in [-0.2, 0) is 5.41 Å². The van der Waals surface area contributed by atoms with Gasteiger partial charge in [0.1, 0.15) is 22.5 Å². The first-order valence-corrected chi connectivity index (χ1v) is 21.0. The number of hydrogen-bond donors (Lipinski definition) is 0. The van der Waals surface area contributed by atoms with E-state index in [0.717, 1.165) is 84.7 Å². The summed E-state index contributed by atoms with van der Waals surface area (Å²) in [6.07, 6.45) is 13.7.